The van der Waals surface area contributed by atoms with E-state index in [0.717, 1.165) is 23.4 Å². The lowest BCUT2D eigenvalue weighted by atomic mass is 10.0. The molecule has 90 valence electrons. The van der Waals surface area contributed by atoms with Gasteiger partial charge in [-0.05, 0) is 36.6 Å². The molecule has 18 heavy (non-hydrogen) atoms. The Labute approximate surface area is 106 Å². The number of nitriles is 1. The average molecular weight is 238 g/mol. The van der Waals surface area contributed by atoms with Gasteiger partial charge >= 0.3 is 0 Å². The predicted octanol–water partition coefficient (Wildman–Crippen LogP) is 3.07. The van der Waals surface area contributed by atoms with Gasteiger partial charge in [-0.25, -0.2) is 0 Å². The van der Waals surface area contributed by atoms with Crippen LogP contribution in [0, 0.1) is 11.3 Å². The highest BCUT2D eigenvalue weighted by atomic mass is 16.3. The zero-order chi connectivity index (χ0) is 12.4. The topological polar surface area (TPSA) is 49.0 Å². The second-order valence-electron chi connectivity index (χ2n) is 4.61. The lowest BCUT2D eigenvalue weighted by molar-refractivity contribution is 0.483. The van der Waals surface area contributed by atoms with E-state index in [1.165, 1.54) is 12.8 Å². The van der Waals surface area contributed by atoms with E-state index in [0.29, 0.717) is 11.6 Å². The van der Waals surface area contributed by atoms with Crippen LogP contribution in [0.25, 0.3) is 11.1 Å². The van der Waals surface area contributed by atoms with Gasteiger partial charge in [0.2, 0.25) is 0 Å². The molecule has 0 bridgehead atoms. The van der Waals surface area contributed by atoms with Crippen molar-refractivity contribution in [3.05, 3.63) is 47.9 Å². The molecule has 0 radical (unpaired) electrons. The highest BCUT2D eigenvalue weighted by Crippen LogP contribution is 2.27. The molecule has 3 rings (SSSR count). The monoisotopic (exact) mass is 238 g/mol. The van der Waals surface area contributed by atoms with Gasteiger partial charge in [0.1, 0.15) is 5.76 Å². The van der Waals surface area contributed by atoms with E-state index in [9.17, 15) is 0 Å². The van der Waals surface area contributed by atoms with Crippen LogP contribution < -0.4 is 5.32 Å². The molecule has 0 saturated heterocycles. The van der Waals surface area contributed by atoms with E-state index in [1.807, 2.05) is 30.3 Å². The van der Waals surface area contributed by atoms with Crippen molar-refractivity contribution < 1.29 is 4.42 Å². The number of benzene rings is 1. The Bertz CT molecular complexity index is 591. The summed E-state index contributed by atoms with van der Waals surface area (Å²) in [7, 11) is 0. The first kappa shape index (κ1) is 11.1. The summed E-state index contributed by atoms with van der Waals surface area (Å²) in [5, 5.41) is 12.4. The quantitative estimate of drug-likeness (QED) is 0.890. The van der Waals surface area contributed by atoms with Gasteiger partial charge in [0.25, 0.3) is 0 Å². The molecule has 1 N–H and O–H groups in total. The molecule has 1 aliphatic carbocycles. The van der Waals surface area contributed by atoms with E-state index >= 15 is 0 Å². The van der Waals surface area contributed by atoms with Crippen LogP contribution >= 0.6 is 0 Å². The van der Waals surface area contributed by atoms with Crippen molar-refractivity contribution in [1.82, 2.24) is 5.32 Å². The summed E-state index contributed by atoms with van der Waals surface area (Å²) in [6.45, 7) is 0.754. The fourth-order valence-electron chi connectivity index (χ4n) is 2.02. The van der Waals surface area contributed by atoms with E-state index in [4.69, 9.17) is 9.68 Å². The van der Waals surface area contributed by atoms with E-state index in [-0.39, 0.29) is 0 Å². The van der Waals surface area contributed by atoms with Gasteiger partial charge in [-0.15, -0.1) is 0 Å². The molecule has 1 saturated carbocycles. The van der Waals surface area contributed by atoms with Gasteiger partial charge in [0.05, 0.1) is 24.4 Å². The Balaban J connectivity index is 1.85. The Kier molecular flexibility index (Phi) is 2.87. The first-order valence-electron chi connectivity index (χ1n) is 6.17. The summed E-state index contributed by atoms with van der Waals surface area (Å²) in [5.74, 6) is 0.942. The zero-order valence-corrected chi connectivity index (χ0v) is 10.0. The van der Waals surface area contributed by atoms with Crippen LogP contribution in [0.15, 0.2) is 41.0 Å². The molecule has 3 nitrogen and oxygen atoms in total. The lowest BCUT2D eigenvalue weighted by Gasteiger charge is -2.04. The number of rotatable bonds is 4. The van der Waals surface area contributed by atoms with Crippen LogP contribution in [-0.2, 0) is 6.54 Å². The maximum Gasteiger partial charge on any atom is 0.125 e. The number of hydrogen-bond acceptors (Lipinski definition) is 3. The first-order chi connectivity index (χ1) is 8.86. The SMILES string of the molecule is N#Cc1cccc(-c2ccoc2CNC2CC2)c1. The van der Waals surface area contributed by atoms with Crippen LogP contribution in [0.1, 0.15) is 24.2 Å². The number of nitrogens with zero attached hydrogens (tertiary/aromatic N) is 1. The van der Waals surface area contributed by atoms with Crippen molar-refractivity contribution in [3.63, 3.8) is 0 Å². The fourth-order valence-corrected chi connectivity index (χ4v) is 2.02. The zero-order valence-electron chi connectivity index (χ0n) is 10.0. The Morgan fingerprint density at radius 3 is 3.00 bits per heavy atom. The van der Waals surface area contributed by atoms with Gasteiger partial charge < -0.3 is 9.73 Å². The Hall–Kier alpha value is -2.05. The summed E-state index contributed by atoms with van der Waals surface area (Å²) in [6, 6.07) is 12.4. The second-order valence-corrected chi connectivity index (χ2v) is 4.61. The Morgan fingerprint density at radius 1 is 1.33 bits per heavy atom. The highest BCUT2D eigenvalue weighted by molar-refractivity contribution is 5.67. The van der Waals surface area contributed by atoms with Crippen LogP contribution in [0.2, 0.25) is 0 Å². The molecule has 0 amide bonds. The normalized spacial score (nSPS) is 14.4. The van der Waals surface area contributed by atoms with Crippen LogP contribution in [0.3, 0.4) is 0 Å². The highest BCUT2D eigenvalue weighted by Gasteiger charge is 2.21. The van der Waals surface area contributed by atoms with E-state index in [1.54, 1.807) is 6.26 Å². The smallest absolute Gasteiger partial charge is 0.125 e. The van der Waals surface area contributed by atoms with E-state index < -0.39 is 0 Å². The molecule has 0 aliphatic heterocycles. The lowest BCUT2D eigenvalue weighted by Crippen LogP contribution is -2.15. The molecule has 0 unspecified atom stereocenters. The maximum atomic E-state index is 8.93. The number of nitrogens with one attached hydrogen (secondary N) is 1. The fraction of sp³-hybridized carbons (Fsp3) is 0.267. The third-order valence-corrected chi connectivity index (χ3v) is 3.18. The van der Waals surface area contributed by atoms with Gasteiger partial charge in [-0.1, -0.05) is 12.1 Å². The number of furan rings is 1. The molecule has 0 spiro atoms. The molecule has 1 aliphatic rings. The third kappa shape index (κ3) is 2.29. The second kappa shape index (κ2) is 4.67. The first-order valence-corrected chi connectivity index (χ1v) is 6.17. The molecule has 1 fully saturated rings. The minimum Gasteiger partial charge on any atom is -0.467 e. The molecular formula is C15H14N2O. The van der Waals surface area contributed by atoms with Crippen LogP contribution in [0.5, 0.6) is 0 Å². The summed E-state index contributed by atoms with van der Waals surface area (Å²) in [5.41, 5.74) is 2.78. The van der Waals surface area contributed by atoms with E-state index in [2.05, 4.69) is 11.4 Å². The van der Waals surface area contributed by atoms with Crippen molar-refractivity contribution in [3.8, 4) is 17.2 Å². The van der Waals surface area contributed by atoms with Gasteiger partial charge in [0.15, 0.2) is 0 Å². The van der Waals surface area contributed by atoms with Crippen molar-refractivity contribution >= 4 is 0 Å². The number of hydrogen-bond donors (Lipinski definition) is 1. The summed E-state index contributed by atoms with van der Waals surface area (Å²) in [6.07, 6.45) is 4.23. The Morgan fingerprint density at radius 2 is 2.22 bits per heavy atom. The van der Waals surface area contributed by atoms with Crippen LogP contribution in [0.4, 0.5) is 0 Å². The van der Waals surface area contributed by atoms with Crippen molar-refractivity contribution in [2.75, 3.05) is 0 Å². The third-order valence-electron chi connectivity index (χ3n) is 3.18. The van der Waals surface area contributed by atoms with Crippen molar-refractivity contribution in [2.24, 2.45) is 0 Å². The largest absolute Gasteiger partial charge is 0.467 e. The summed E-state index contributed by atoms with van der Waals surface area (Å²) in [4.78, 5) is 0. The molecule has 1 heterocycles. The van der Waals surface area contributed by atoms with Gasteiger partial charge in [-0.2, -0.15) is 5.26 Å². The van der Waals surface area contributed by atoms with Crippen molar-refractivity contribution in [1.29, 1.82) is 5.26 Å². The minimum absolute atomic E-state index is 0.661. The maximum absolute atomic E-state index is 8.93. The molecule has 1 aromatic carbocycles. The van der Waals surface area contributed by atoms with Gasteiger partial charge in [0, 0.05) is 11.6 Å². The van der Waals surface area contributed by atoms with Crippen LogP contribution in [-0.4, -0.2) is 6.04 Å². The summed E-state index contributed by atoms with van der Waals surface area (Å²) >= 11 is 0. The standard InChI is InChI=1S/C15H14N2O/c16-9-11-2-1-3-12(8-11)14-6-7-18-15(14)10-17-13-4-5-13/h1-3,6-8,13,17H,4-5,10H2. The molecule has 1 aromatic heterocycles. The minimum atomic E-state index is 0.661. The predicted molar refractivity (Wildman–Crippen MR) is 68.7 cm³/mol. The molecule has 2 aromatic rings. The molecular weight excluding hydrogens is 224 g/mol. The average Bonchev–Trinajstić information content (AvgIpc) is 3.13. The van der Waals surface area contributed by atoms with Crippen molar-refractivity contribution in [2.45, 2.75) is 25.4 Å². The summed E-state index contributed by atoms with van der Waals surface area (Å²) < 4.78 is 5.53. The molecule has 0 atom stereocenters. The van der Waals surface area contributed by atoms with Gasteiger partial charge in [-0.3, -0.25) is 0 Å². The molecule has 3 heteroatoms.